The van der Waals surface area contributed by atoms with E-state index in [-0.39, 0.29) is 5.91 Å². The molecule has 0 aromatic rings. The monoisotopic (exact) mass is 211 g/mol. The Hall–Kier alpha value is -0.530. The summed E-state index contributed by atoms with van der Waals surface area (Å²) in [5, 5.41) is 0. The predicted molar refractivity (Wildman–Crippen MR) is 63.3 cm³/mol. The number of rotatable bonds is 4. The van der Waals surface area contributed by atoms with Gasteiger partial charge < -0.3 is 5.73 Å². The molecule has 0 heterocycles. The molecule has 0 bridgehead atoms. The first kappa shape index (κ1) is 12.5. The van der Waals surface area contributed by atoms with Crippen LogP contribution < -0.4 is 5.73 Å². The number of primary amides is 1. The summed E-state index contributed by atoms with van der Waals surface area (Å²) in [6.45, 7) is 6.93. The Morgan fingerprint density at radius 2 is 2.07 bits per heavy atom. The van der Waals surface area contributed by atoms with Crippen molar-refractivity contribution in [3.8, 4) is 0 Å². The summed E-state index contributed by atoms with van der Waals surface area (Å²) in [6, 6.07) is 0. The summed E-state index contributed by atoms with van der Waals surface area (Å²) in [7, 11) is 0. The average molecular weight is 211 g/mol. The second kappa shape index (κ2) is 5.53. The van der Waals surface area contributed by atoms with E-state index < -0.39 is 0 Å². The normalized spacial score (nSPS) is 31.9. The standard InChI is InChI=1S/C13H25NO/c1-9(2)12-6-4-10(3)8-11(12)5-7-13(14)15/h9-12H,4-8H2,1-3H3,(H2,14,15). The lowest BCUT2D eigenvalue weighted by atomic mass is 9.68. The van der Waals surface area contributed by atoms with Crippen LogP contribution in [0.3, 0.4) is 0 Å². The van der Waals surface area contributed by atoms with Crippen LogP contribution in [0.15, 0.2) is 0 Å². The van der Waals surface area contributed by atoms with Crippen molar-refractivity contribution < 1.29 is 4.79 Å². The van der Waals surface area contributed by atoms with Crippen molar-refractivity contribution in [3.63, 3.8) is 0 Å². The molecule has 1 aliphatic carbocycles. The quantitative estimate of drug-likeness (QED) is 0.763. The number of carbonyl (C=O) groups is 1. The van der Waals surface area contributed by atoms with Gasteiger partial charge in [0, 0.05) is 6.42 Å². The number of hydrogen-bond acceptors (Lipinski definition) is 1. The van der Waals surface area contributed by atoms with Gasteiger partial charge in [-0.25, -0.2) is 0 Å². The van der Waals surface area contributed by atoms with Gasteiger partial charge in [-0.3, -0.25) is 4.79 Å². The second-order valence-electron chi connectivity index (χ2n) is 5.59. The molecule has 15 heavy (non-hydrogen) atoms. The Balaban J connectivity index is 2.50. The van der Waals surface area contributed by atoms with Gasteiger partial charge in [0.1, 0.15) is 0 Å². The summed E-state index contributed by atoms with van der Waals surface area (Å²) in [6.07, 6.45) is 5.55. The van der Waals surface area contributed by atoms with Crippen molar-refractivity contribution >= 4 is 5.91 Å². The van der Waals surface area contributed by atoms with Crippen LogP contribution in [0.2, 0.25) is 0 Å². The molecule has 1 saturated carbocycles. The maximum atomic E-state index is 10.8. The zero-order valence-electron chi connectivity index (χ0n) is 10.3. The van der Waals surface area contributed by atoms with Crippen LogP contribution in [0.1, 0.15) is 52.9 Å². The summed E-state index contributed by atoms with van der Waals surface area (Å²) < 4.78 is 0. The van der Waals surface area contributed by atoms with Crippen molar-refractivity contribution in [2.75, 3.05) is 0 Å². The molecule has 2 heteroatoms. The summed E-state index contributed by atoms with van der Waals surface area (Å²) in [4.78, 5) is 10.8. The number of amides is 1. The average Bonchev–Trinajstić information content (AvgIpc) is 2.14. The van der Waals surface area contributed by atoms with Crippen LogP contribution >= 0.6 is 0 Å². The van der Waals surface area contributed by atoms with Gasteiger partial charge in [0.05, 0.1) is 0 Å². The molecule has 1 aliphatic rings. The van der Waals surface area contributed by atoms with E-state index in [9.17, 15) is 4.79 Å². The SMILES string of the molecule is CC1CCC(C(C)C)C(CCC(N)=O)C1. The highest BCUT2D eigenvalue weighted by Crippen LogP contribution is 2.40. The molecule has 1 rings (SSSR count). The molecule has 3 unspecified atom stereocenters. The van der Waals surface area contributed by atoms with Crippen molar-refractivity contribution in [1.29, 1.82) is 0 Å². The van der Waals surface area contributed by atoms with Gasteiger partial charge >= 0.3 is 0 Å². The highest BCUT2D eigenvalue weighted by atomic mass is 16.1. The maximum Gasteiger partial charge on any atom is 0.217 e. The first-order valence-electron chi connectivity index (χ1n) is 6.29. The zero-order valence-corrected chi connectivity index (χ0v) is 10.3. The minimum atomic E-state index is -0.143. The van der Waals surface area contributed by atoms with E-state index in [0.717, 1.165) is 30.1 Å². The smallest absolute Gasteiger partial charge is 0.217 e. The van der Waals surface area contributed by atoms with Crippen LogP contribution in [0.5, 0.6) is 0 Å². The van der Waals surface area contributed by atoms with Crippen LogP contribution in [0.4, 0.5) is 0 Å². The first-order valence-corrected chi connectivity index (χ1v) is 6.29. The minimum Gasteiger partial charge on any atom is -0.370 e. The van der Waals surface area contributed by atoms with E-state index in [2.05, 4.69) is 20.8 Å². The van der Waals surface area contributed by atoms with Crippen molar-refractivity contribution in [2.45, 2.75) is 52.9 Å². The third-order valence-electron chi connectivity index (χ3n) is 3.92. The molecule has 0 saturated heterocycles. The molecule has 3 atom stereocenters. The van der Waals surface area contributed by atoms with Gasteiger partial charge in [-0.1, -0.05) is 27.2 Å². The van der Waals surface area contributed by atoms with Crippen LogP contribution in [0, 0.1) is 23.7 Å². The lowest BCUT2D eigenvalue weighted by molar-refractivity contribution is -0.118. The Bertz CT molecular complexity index is 213. The summed E-state index contributed by atoms with van der Waals surface area (Å²) in [5.74, 6) is 2.96. The Morgan fingerprint density at radius 3 is 2.60 bits per heavy atom. The van der Waals surface area contributed by atoms with Crippen LogP contribution in [-0.2, 0) is 4.79 Å². The molecular formula is C13H25NO. The van der Waals surface area contributed by atoms with Gasteiger partial charge in [0.15, 0.2) is 0 Å². The van der Waals surface area contributed by atoms with E-state index in [0.29, 0.717) is 6.42 Å². The fourth-order valence-corrected chi connectivity index (χ4v) is 3.06. The van der Waals surface area contributed by atoms with Crippen LogP contribution in [0.25, 0.3) is 0 Å². The minimum absolute atomic E-state index is 0.143. The molecule has 0 aliphatic heterocycles. The summed E-state index contributed by atoms with van der Waals surface area (Å²) >= 11 is 0. The van der Waals surface area contributed by atoms with Crippen molar-refractivity contribution in [3.05, 3.63) is 0 Å². The Labute approximate surface area is 93.6 Å². The van der Waals surface area contributed by atoms with Crippen molar-refractivity contribution in [1.82, 2.24) is 0 Å². The molecule has 1 amide bonds. The van der Waals surface area contributed by atoms with E-state index in [1.165, 1.54) is 19.3 Å². The van der Waals surface area contributed by atoms with Gasteiger partial charge in [-0.05, 0) is 42.9 Å². The van der Waals surface area contributed by atoms with E-state index in [1.54, 1.807) is 0 Å². The number of nitrogens with two attached hydrogens (primary N) is 1. The van der Waals surface area contributed by atoms with Gasteiger partial charge in [-0.2, -0.15) is 0 Å². The third-order valence-corrected chi connectivity index (χ3v) is 3.92. The lowest BCUT2D eigenvalue weighted by Gasteiger charge is -2.37. The molecule has 88 valence electrons. The Kier molecular flexibility index (Phi) is 4.62. The number of hydrogen-bond donors (Lipinski definition) is 1. The molecular weight excluding hydrogens is 186 g/mol. The molecule has 0 radical (unpaired) electrons. The fraction of sp³-hybridized carbons (Fsp3) is 0.923. The van der Waals surface area contributed by atoms with E-state index >= 15 is 0 Å². The molecule has 2 N–H and O–H groups in total. The van der Waals surface area contributed by atoms with E-state index in [4.69, 9.17) is 5.73 Å². The zero-order chi connectivity index (χ0) is 11.4. The van der Waals surface area contributed by atoms with Crippen molar-refractivity contribution in [2.24, 2.45) is 29.4 Å². The van der Waals surface area contributed by atoms with Crippen LogP contribution in [-0.4, -0.2) is 5.91 Å². The highest BCUT2D eigenvalue weighted by Gasteiger charge is 2.30. The Morgan fingerprint density at radius 1 is 1.40 bits per heavy atom. The van der Waals surface area contributed by atoms with Gasteiger partial charge in [0.2, 0.25) is 5.91 Å². The van der Waals surface area contributed by atoms with Gasteiger partial charge in [-0.15, -0.1) is 0 Å². The summed E-state index contributed by atoms with van der Waals surface area (Å²) in [5.41, 5.74) is 5.23. The maximum absolute atomic E-state index is 10.8. The molecule has 0 aromatic carbocycles. The molecule has 1 fully saturated rings. The fourth-order valence-electron chi connectivity index (χ4n) is 3.06. The second-order valence-corrected chi connectivity index (χ2v) is 5.59. The molecule has 0 spiro atoms. The topological polar surface area (TPSA) is 43.1 Å². The lowest BCUT2D eigenvalue weighted by Crippen LogP contribution is -2.28. The first-order chi connectivity index (χ1) is 7.00. The van der Waals surface area contributed by atoms with E-state index in [1.807, 2.05) is 0 Å². The number of carbonyl (C=O) groups excluding carboxylic acids is 1. The largest absolute Gasteiger partial charge is 0.370 e. The third kappa shape index (κ3) is 3.84. The molecule has 2 nitrogen and oxygen atoms in total. The predicted octanol–water partition coefficient (Wildman–Crippen LogP) is 2.96. The highest BCUT2D eigenvalue weighted by molar-refractivity contribution is 5.73. The molecule has 0 aromatic heterocycles. The van der Waals surface area contributed by atoms with Gasteiger partial charge in [0.25, 0.3) is 0 Å².